The van der Waals surface area contributed by atoms with Gasteiger partial charge in [-0.05, 0) is 0 Å². The van der Waals surface area contributed by atoms with Gasteiger partial charge in [-0.15, -0.1) is 0 Å². The maximum Gasteiger partial charge on any atom is 0.460 e. The zero-order valence-electron chi connectivity index (χ0n) is 18.6. The number of carboxylic acids is 1. The van der Waals surface area contributed by atoms with Crippen LogP contribution in [0.15, 0.2) is 0 Å². The summed E-state index contributed by atoms with van der Waals surface area (Å²) in [5, 5.41) is 1.36. The topological polar surface area (TPSA) is 74.7 Å². The van der Waals surface area contributed by atoms with Crippen molar-refractivity contribution in [2.45, 2.75) is 54.9 Å². The number of aliphatic carboxylic acids is 1. The number of nitrogens with zero attached hydrogens (tertiary/aromatic N) is 2. The Kier molecular flexibility index (Phi) is 9.85. The van der Waals surface area contributed by atoms with E-state index in [9.17, 15) is 70.3 Å². The number of rotatable bonds is 14. The fraction of sp³-hybridized carbons (Fsp3) is 0.938. The maximum absolute atomic E-state index is 14.2. The highest BCUT2D eigenvalue weighted by Crippen LogP contribution is 2.61. The molecule has 0 aromatic heterocycles. The van der Waals surface area contributed by atoms with Crippen molar-refractivity contribution in [3.8, 4) is 0 Å². The zero-order chi connectivity index (χ0) is 29.4. The smallest absolute Gasteiger partial charge is 0.460 e. The number of carboxylic acid groups (broad SMARTS) is 1. The van der Waals surface area contributed by atoms with Crippen LogP contribution in [0.2, 0.25) is 0 Å². The zero-order valence-corrected chi connectivity index (χ0v) is 19.4. The van der Waals surface area contributed by atoms with Gasteiger partial charge in [0.15, 0.2) is 0 Å². The Morgan fingerprint density at radius 1 is 0.778 bits per heavy atom. The van der Waals surface area contributed by atoms with E-state index in [-0.39, 0.29) is 17.6 Å². The fourth-order valence-electron chi connectivity index (χ4n) is 2.71. The van der Waals surface area contributed by atoms with E-state index in [0.29, 0.717) is 0 Å². The summed E-state index contributed by atoms with van der Waals surface area (Å²) in [6.45, 7) is -1.86. The lowest BCUT2D eigenvalue weighted by atomic mass is 9.98. The highest BCUT2D eigenvalue weighted by atomic mass is 32.2. The van der Waals surface area contributed by atoms with Crippen molar-refractivity contribution in [3.63, 3.8) is 0 Å². The summed E-state index contributed by atoms with van der Waals surface area (Å²) >= 11 is 0. The summed E-state index contributed by atoms with van der Waals surface area (Å²) in [5.74, 6) is -33.6. The minimum Gasteiger partial charge on any atom is -0.481 e. The summed E-state index contributed by atoms with van der Waals surface area (Å²) < 4.78 is 196. The molecule has 216 valence electrons. The maximum atomic E-state index is 14.2. The van der Waals surface area contributed by atoms with E-state index in [1.54, 1.807) is 0 Å². The number of sulfonamides is 1. The van der Waals surface area contributed by atoms with Gasteiger partial charge >= 0.3 is 41.1 Å². The lowest BCUT2D eigenvalue weighted by molar-refractivity contribution is -0.889. The first-order valence-electron chi connectivity index (χ1n) is 9.57. The quantitative estimate of drug-likeness (QED) is 0.244. The Bertz CT molecular complexity index is 889. The molecule has 0 unspecified atom stereocenters. The number of carbonyl (C=O) groups is 1. The molecule has 20 heteroatoms. The van der Waals surface area contributed by atoms with E-state index in [4.69, 9.17) is 5.11 Å². The first-order valence-corrected chi connectivity index (χ1v) is 11.0. The molecule has 0 saturated heterocycles. The van der Waals surface area contributed by atoms with Crippen molar-refractivity contribution < 1.29 is 79.9 Å². The van der Waals surface area contributed by atoms with E-state index in [1.165, 1.54) is 14.1 Å². The van der Waals surface area contributed by atoms with Crippen molar-refractivity contribution in [1.82, 2.24) is 4.31 Å². The molecular formula is C16H22F13N2O4S+. The van der Waals surface area contributed by atoms with Crippen molar-refractivity contribution in [1.29, 1.82) is 0 Å². The molecule has 0 atom stereocenters. The van der Waals surface area contributed by atoms with E-state index < -0.39 is 81.3 Å². The third kappa shape index (κ3) is 5.94. The molecule has 0 fully saturated rings. The van der Waals surface area contributed by atoms with Crippen LogP contribution in [0.3, 0.4) is 0 Å². The average Bonchev–Trinajstić information content (AvgIpc) is 2.67. The molecule has 0 bridgehead atoms. The van der Waals surface area contributed by atoms with Crippen LogP contribution in [-0.2, 0) is 14.8 Å². The number of quaternary nitrogens is 1. The normalized spacial score (nSPS) is 15.5. The second-order valence-electron chi connectivity index (χ2n) is 8.19. The van der Waals surface area contributed by atoms with Crippen LogP contribution < -0.4 is 0 Å². The van der Waals surface area contributed by atoms with Gasteiger partial charge in [0.05, 0.1) is 33.6 Å². The predicted molar refractivity (Wildman–Crippen MR) is 95.7 cm³/mol. The third-order valence-corrected chi connectivity index (χ3v) is 7.05. The first-order chi connectivity index (χ1) is 15.6. The Balaban J connectivity index is 6.17. The van der Waals surface area contributed by atoms with E-state index in [0.717, 1.165) is 6.92 Å². The van der Waals surface area contributed by atoms with Gasteiger partial charge < -0.3 is 9.59 Å². The largest absolute Gasteiger partial charge is 0.481 e. The van der Waals surface area contributed by atoms with Crippen LogP contribution in [0.25, 0.3) is 0 Å². The fourth-order valence-corrected chi connectivity index (χ4v) is 4.20. The van der Waals surface area contributed by atoms with Crippen molar-refractivity contribution in [2.24, 2.45) is 0 Å². The molecule has 0 aromatic carbocycles. The van der Waals surface area contributed by atoms with Crippen LogP contribution >= 0.6 is 0 Å². The Morgan fingerprint density at radius 2 is 1.19 bits per heavy atom. The van der Waals surface area contributed by atoms with Crippen molar-refractivity contribution in [3.05, 3.63) is 0 Å². The molecule has 0 amide bonds. The standard InChI is InChI=1S/C16H21F13N2O4S/c1-4-30(7-5-8-31(2,3)9-6-10(32)33)36(34,35)16(28,29)14(23,24)12(19,20)11(17,18)13(21,22)15(25,26)27/h4-9H2,1-3H3/p+1. The van der Waals surface area contributed by atoms with Crippen molar-refractivity contribution in [2.75, 3.05) is 40.3 Å². The van der Waals surface area contributed by atoms with E-state index in [2.05, 4.69) is 0 Å². The summed E-state index contributed by atoms with van der Waals surface area (Å²) in [5.41, 5.74) is 0. The second kappa shape index (κ2) is 10.3. The van der Waals surface area contributed by atoms with Gasteiger partial charge in [0.25, 0.3) is 10.0 Å². The number of hydrogen-bond acceptors (Lipinski definition) is 3. The summed E-state index contributed by atoms with van der Waals surface area (Å²) in [7, 11) is -4.29. The van der Waals surface area contributed by atoms with Crippen LogP contribution in [0, 0.1) is 0 Å². The highest BCUT2D eigenvalue weighted by molar-refractivity contribution is 7.90. The molecule has 0 aliphatic heterocycles. The monoisotopic (exact) mass is 585 g/mol. The molecule has 0 heterocycles. The Hall–Kier alpha value is -1.57. The van der Waals surface area contributed by atoms with Crippen LogP contribution in [-0.4, -0.2) is 104 Å². The van der Waals surface area contributed by atoms with Crippen LogP contribution in [0.1, 0.15) is 19.8 Å². The summed E-state index contributed by atoms with van der Waals surface area (Å²) in [6, 6.07) is 0. The summed E-state index contributed by atoms with van der Waals surface area (Å²) in [6.07, 6.45) is -8.51. The van der Waals surface area contributed by atoms with E-state index >= 15 is 0 Å². The second-order valence-corrected chi connectivity index (χ2v) is 10.2. The van der Waals surface area contributed by atoms with Gasteiger partial charge in [0.2, 0.25) is 0 Å². The van der Waals surface area contributed by atoms with Gasteiger partial charge in [-0.2, -0.15) is 61.4 Å². The predicted octanol–water partition coefficient (Wildman–Crippen LogP) is 4.28. The van der Waals surface area contributed by atoms with Gasteiger partial charge in [0, 0.05) is 19.5 Å². The van der Waals surface area contributed by atoms with Crippen LogP contribution in [0.4, 0.5) is 57.1 Å². The SMILES string of the molecule is CCN(CCC[N+](C)(C)CCC(=O)O)S(=O)(=O)C(F)(F)C(F)(F)C(F)(F)C(F)(F)C(F)(F)C(F)(F)F. The summed E-state index contributed by atoms with van der Waals surface area (Å²) in [4.78, 5) is 10.6. The average molecular weight is 585 g/mol. The molecule has 0 aromatic rings. The van der Waals surface area contributed by atoms with Gasteiger partial charge in [-0.1, -0.05) is 6.92 Å². The van der Waals surface area contributed by atoms with Gasteiger partial charge in [0.1, 0.15) is 0 Å². The molecule has 0 aliphatic carbocycles. The van der Waals surface area contributed by atoms with Gasteiger partial charge in [-0.25, -0.2) is 8.42 Å². The van der Waals surface area contributed by atoms with E-state index in [1.807, 2.05) is 0 Å². The molecule has 0 aliphatic rings. The first kappa shape index (κ1) is 34.4. The van der Waals surface area contributed by atoms with Crippen LogP contribution in [0.5, 0.6) is 0 Å². The molecule has 0 radical (unpaired) electrons. The molecule has 36 heavy (non-hydrogen) atoms. The lowest BCUT2D eigenvalue weighted by Gasteiger charge is -2.40. The molecule has 0 spiro atoms. The minimum atomic E-state index is -8.22. The molecular weight excluding hydrogens is 563 g/mol. The molecule has 0 saturated carbocycles. The lowest BCUT2D eigenvalue weighted by Crippen LogP contribution is -2.71. The number of alkyl halides is 13. The van der Waals surface area contributed by atoms with Gasteiger partial charge in [-0.3, -0.25) is 4.79 Å². The molecule has 1 N–H and O–H groups in total. The number of halogens is 13. The Labute approximate surface area is 196 Å². The third-order valence-electron chi connectivity index (χ3n) is 5.02. The molecule has 0 rings (SSSR count). The Morgan fingerprint density at radius 3 is 1.56 bits per heavy atom. The minimum absolute atomic E-state index is 0.0861. The highest BCUT2D eigenvalue weighted by Gasteiger charge is 2.92. The molecule has 6 nitrogen and oxygen atoms in total. The van der Waals surface area contributed by atoms with Crippen molar-refractivity contribution >= 4 is 16.0 Å². The number of hydrogen-bond donors (Lipinski definition) is 1.